The van der Waals surface area contributed by atoms with E-state index < -0.39 is 0 Å². The monoisotopic (exact) mass is 434 g/mol. The Kier molecular flexibility index (Phi) is 7.05. The van der Waals surface area contributed by atoms with E-state index >= 15 is 0 Å². The first-order valence-corrected chi connectivity index (χ1v) is 11.8. The van der Waals surface area contributed by atoms with Gasteiger partial charge in [-0.1, -0.05) is 48.9 Å². The van der Waals surface area contributed by atoms with Gasteiger partial charge in [-0.2, -0.15) is 0 Å². The molecule has 0 radical (unpaired) electrons. The number of rotatable bonds is 7. The molecular weight excluding hydrogens is 404 g/mol. The first-order chi connectivity index (χ1) is 15.1. The number of piperazine rings is 1. The Morgan fingerprint density at radius 3 is 2.45 bits per heavy atom. The van der Waals surface area contributed by atoms with E-state index in [-0.39, 0.29) is 5.91 Å². The third-order valence-electron chi connectivity index (χ3n) is 5.75. The molecule has 1 fully saturated rings. The van der Waals surface area contributed by atoms with Crippen molar-refractivity contribution in [3.8, 4) is 5.75 Å². The zero-order chi connectivity index (χ0) is 21.6. The Morgan fingerprint density at radius 1 is 0.968 bits per heavy atom. The van der Waals surface area contributed by atoms with E-state index in [4.69, 9.17) is 4.74 Å². The molecule has 3 aromatic rings. The van der Waals surface area contributed by atoms with Crippen LogP contribution in [-0.4, -0.2) is 41.9 Å². The third-order valence-corrected chi connectivity index (χ3v) is 6.72. The van der Waals surface area contributed by atoms with Crippen LogP contribution in [0.25, 0.3) is 0 Å². The molecule has 1 aliphatic rings. The van der Waals surface area contributed by atoms with Crippen molar-refractivity contribution >= 4 is 17.2 Å². The summed E-state index contributed by atoms with van der Waals surface area (Å²) in [6.45, 7) is 9.08. The van der Waals surface area contributed by atoms with Crippen molar-refractivity contribution in [2.24, 2.45) is 0 Å². The molecule has 0 saturated carbocycles. The van der Waals surface area contributed by atoms with E-state index in [1.165, 1.54) is 28.0 Å². The van der Waals surface area contributed by atoms with Gasteiger partial charge < -0.3 is 9.64 Å². The Morgan fingerprint density at radius 2 is 1.74 bits per heavy atom. The third kappa shape index (κ3) is 5.75. The highest BCUT2D eigenvalue weighted by molar-refractivity contribution is 7.12. The van der Waals surface area contributed by atoms with Gasteiger partial charge in [-0.25, -0.2) is 0 Å². The van der Waals surface area contributed by atoms with Gasteiger partial charge in [0.2, 0.25) is 0 Å². The second kappa shape index (κ2) is 10.1. The van der Waals surface area contributed by atoms with E-state index in [1.54, 1.807) is 0 Å². The normalized spacial score (nSPS) is 14.6. The van der Waals surface area contributed by atoms with Gasteiger partial charge in [-0.3, -0.25) is 9.69 Å². The van der Waals surface area contributed by atoms with E-state index in [0.29, 0.717) is 6.61 Å². The molecule has 1 aromatic heterocycles. The smallest absolute Gasteiger partial charge is 0.264 e. The van der Waals surface area contributed by atoms with E-state index in [0.717, 1.165) is 55.3 Å². The van der Waals surface area contributed by atoms with E-state index in [9.17, 15) is 4.79 Å². The predicted octanol–water partition coefficient (Wildman–Crippen LogP) is 5.16. The summed E-state index contributed by atoms with van der Waals surface area (Å²) >= 11 is 1.51. The van der Waals surface area contributed by atoms with Crippen LogP contribution < -0.4 is 4.74 Å². The number of aryl methyl sites for hydroxylation is 2. The molecular formula is C26H30N2O2S. The van der Waals surface area contributed by atoms with Gasteiger partial charge in [-0.15, -0.1) is 11.3 Å². The van der Waals surface area contributed by atoms with Crippen molar-refractivity contribution < 1.29 is 9.53 Å². The van der Waals surface area contributed by atoms with Crippen LogP contribution in [0.3, 0.4) is 0 Å². The SMILES string of the molecule is CCc1ccc(OCc2csc(C(=O)N3CCN(Cc4cccc(C)c4)CC3)c2)cc1. The summed E-state index contributed by atoms with van der Waals surface area (Å²) in [6, 6.07) is 18.8. The first-order valence-electron chi connectivity index (χ1n) is 11.0. The predicted molar refractivity (Wildman–Crippen MR) is 127 cm³/mol. The van der Waals surface area contributed by atoms with Crippen LogP contribution in [0, 0.1) is 6.92 Å². The molecule has 0 bridgehead atoms. The van der Waals surface area contributed by atoms with Crippen molar-refractivity contribution in [2.45, 2.75) is 33.4 Å². The Balaban J connectivity index is 1.26. The van der Waals surface area contributed by atoms with Gasteiger partial charge in [-0.05, 0) is 48.1 Å². The number of hydrogen-bond donors (Lipinski definition) is 0. The van der Waals surface area contributed by atoms with Crippen LogP contribution in [0.1, 0.15) is 38.8 Å². The molecule has 0 aliphatic carbocycles. The molecule has 0 unspecified atom stereocenters. The highest BCUT2D eigenvalue weighted by Crippen LogP contribution is 2.21. The fourth-order valence-corrected chi connectivity index (χ4v) is 4.75. The maximum atomic E-state index is 12.9. The molecule has 31 heavy (non-hydrogen) atoms. The van der Waals surface area contributed by atoms with Crippen molar-refractivity contribution in [2.75, 3.05) is 26.2 Å². The molecule has 0 N–H and O–H groups in total. The number of ether oxygens (including phenoxy) is 1. The van der Waals surface area contributed by atoms with Crippen LogP contribution in [0.5, 0.6) is 5.75 Å². The summed E-state index contributed by atoms with van der Waals surface area (Å²) in [4.78, 5) is 18.1. The minimum atomic E-state index is 0.138. The summed E-state index contributed by atoms with van der Waals surface area (Å²) < 4.78 is 5.88. The molecule has 162 valence electrons. The molecule has 4 nitrogen and oxygen atoms in total. The van der Waals surface area contributed by atoms with Crippen molar-refractivity contribution in [3.63, 3.8) is 0 Å². The summed E-state index contributed by atoms with van der Waals surface area (Å²) in [6.07, 6.45) is 1.02. The fraction of sp³-hybridized carbons (Fsp3) is 0.346. The van der Waals surface area contributed by atoms with Crippen molar-refractivity contribution in [1.82, 2.24) is 9.80 Å². The highest BCUT2D eigenvalue weighted by atomic mass is 32.1. The maximum absolute atomic E-state index is 12.9. The van der Waals surface area contributed by atoms with Gasteiger partial charge in [0.25, 0.3) is 5.91 Å². The molecule has 0 atom stereocenters. The van der Waals surface area contributed by atoms with Crippen LogP contribution >= 0.6 is 11.3 Å². The number of benzene rings is 2. The number of thiophene rings is 1. The Hall–Kier alpha value is -2.63. The standard InChI is InChI=1S/C26H30N2O2S/c1-3-21-7-9-24(10-8-21)30-18-23-16-25(31-19-23)26(29)28-13-11-27(12-14-28)17-22-6-4-5-20(2)15-22/h4-10,15-16,19H,3,11-14,17-18H2,1-2H3. The molecule has 1 saturated heterocycles. The van der Waals surface area contributed by atoms with Gasteiger partial charge in [0, 0.05) is 38.3 Å². The average molecular weight is 435 g/mol. The van der Waals surface area contributed by atoms with Gasteiger partial charge in [0.15, 0.2) is 0 Å². The fourth-order valence-electron chi connectivity index (χ4n) is 3.89. The van der Waals surface area contributed by atoms with E-state index in [1.807, 2.05) is 28.5 Å². The van der Waals surface area contributed by atoms with E-state index in [2.05, 4.69) is 55.1 Å². The summed E-state index contributed by atoms with van der Waals surface area (Å²) in [5.41, 5.74) is 4.98. The topological polar surface area (TPSA) is 32.8 Å². The lowest BCUT2D eigenvalue weighted by Gasteiger charge is -2.34. The average Bonchev–Trinajstić information content (AvgIpc) is 3.27. The quantitative estimate of drug-likeness (QED) is 0.515. The van der Waals surface area contributed by atoms with Crippen LogP contribution in [0.15, 0.2) is 60.0 Å². The highest BCUT2D eigenvalue weighted by Gasteiger charge is 2.23. The van der Waals surface area contributed by atoms with Crippen LogP contribution in [-0.2, 0) is 19.6 Å². The molecule has 2 aromatic carbocycles. The molecule has 1 amide bonds. The number of nitrogens with zero attached hydrogens (tertiary/aromatic N) is 2. The number of hydrogen-bond acceptors (Lipinski definition) is 4. The maximum Gasteiger partial charge on any atom is 0.264 e. The lowest BCUT2D eigenvalue weighted by molar-refractivity contribution is 0.0633. The second-order valence-electron chi connectivity index (χ2n) is 8.16. The molecule has 5 heteroatoms. The minimum Gasteiger partial charge on any atom is -0.489 e. The minimum absolute atomic E-state index is 0.138. The zero-order valence-electron chi connectivity index (χ0n) is 18.3. The van der Waals surface area contributed by atoms with Gasteiger partial charge >= 0.3 is 0 Å². The van der Waals surface area contributed by atoms with Gasteiger partial charge in [0.1, 0.15) is 12.4 Å². The number of carbonyl (C=O) groups excluding carboxylic acids is 1. The molecule has 1 aliphatic heterocycles. The molecule has 2 heterocycles. The van der Waals surface area contributed by atoms with Gasteiger partial charge in [0.05, 0.1) is 4.88 Å². The zero-order valence-corrected chi connectivity index (χ0v) is 19.2. The second-order valence-corrected chi connectivity index (χ2v) is 9.07. The van der Waals surface area contributed by atoms with Crippen LogP contribution in [0.2, 0.25) is 0 Å². The van der Waals surface area contributed by atoms with Crippen molar-refractivity contribution in [3.05, 3.63) is 87.1 Å². The lowest BCUT2D eigenvalue weighted by Crippen LogP contribution is -2.48. The number of amides is 1. The summed E-state index contributed by atoms with van der Waals surface area (Å²) in [7, 11) is 0. The molecule has 0 spiro atoms. The summed E-state index contributed by atoms with van der Waals surface area (Å²) in [5, 5.41) is 2.03. The lowest BCUT2D eigenvalue weighted by atomic mass is 10.1. The van der Waals surface area contributed by atoms with Crippen molar-refractivity contribution in [1.29, 1.82) is 0 Å². The molecule has 4 rings (SSSR count). The summed E-state index contributed by atoms with van der Waals surface area (Å²) in [5.74, 6) is 1.000. The Labute approximate surface area is 189 Å². The number of carbonyl (C=O) groups is 1. The largest absolute Gasteiger partial charge is 0.489 e. The first kappa shape index (κ1) is 21.6. The van der Waals surface area contributed by atoms with Crippen LogP contribution in [0.4, 0.5) is 0 Å². The Bertz CT molecular complexity index is 1000.